The van der Waals surface area contributed by atoms with E-state index in [1.807, 2.05) is 0 Å². The maximum Gasteiger partial charge on any atom is 0.343 e. The number of esters is 1. The highest BCUT2D eigenvalue weighted by molar-refractivity contribution is 5.94. The minimum absolute atomic E-state index is 0.140. The molecule has 2 aromatic carbocycles. The number of carbonyl (C=O) groups excluding carboxylic acids is 1. The van der Waals surface area contributed by atoms with Crippen molar-refractivity contribution < 1.29 is 23.4 Å². The first kappa shape index (κ1) is 15.6. The van der Waals surface area contributed by atoms with E-state index in [1.165, 1.54) is 20.3 Å². The van der Waals surface area contributed by atoms with Gasteiger partial charge in [0.25, 0.3) is 0 Å². The van der Waals surface area contributed by atoms with Gasteiger partial charge in [-0.1, -0.05) is 12.1 Å². The summed E-state index contributed by atoms with van der Waals surface area (Å²) in [6, 6.07) is 12.6. The topological polar surface area (TPSA) is 75.0 Å². The summed E-state index contributed by atoms with van der Waals surface area (Å²) >= 11 is 0. The molecule has 3 aromatic rings. The first-order valence-corrected chi connectivity index (χ1v) is 7.09. The molecule has 0 saturated carbocycles. The summed E-state index contributed by atoms with van der Waals surface area (Å²) in [5.41, 5.74) is 0.0221. The van der Waals surface area contributed by atoms with Crippen LogP contribution in [-0.2, 0) is 0 Å². The lowest BCUT2D eigenvalue weighted by molar-refractivity contribution is 0.0736. The number of ether oxygens (including phenoxy) is 3. The minimum atomic E-state index is -0.619. The molecule has 0 aliphatic carbocycles. The van der Waals surface area contributed by atoms with Crippen LogP contribution in [0.3, 0.4) is 0 Å². The molecule has 0 fully saturated rings. The molecule has 122 valence electrons. The average Bonchev–Trinajstić information content (AvgIpc) is 2.60. The second-order valence-corrected chi connectivity index (χ2v) is 4.89. The van der Waals surface area contributed by atoms with E-state index < -0.39 is 11.6 Å². The molecule has 0 atom stereocenters. The van der Waals surface area contributed by atoms with Crippen LogP contribution in [0.4, 0.5) is 0 Å². The van der Waals surface area contributed by atoms with E-state index in [4.69, 9.17) is 18.6 Å². The van der Waals surface area contributed by atoms with Crippen LogP contribution in [-0.4, -0.2) is 20.2 Å². The lowest BCUT2D eigenvalue weighted by Gasteiger charge is -2.10. The zero-order valence-electron chi connectivity index (χ0n) is 13.1. The van der Waals surface area contributed by atoms with Crippen molar-refractivity contribution in [2.75, 3.05) is 14.2 Å². The maximum atomic E-state index is 12.4. The molecule has 24 heavy (non-hydrogen) atoms. The van der Waals surface area contributed by atoms with Gasteiger partial charge in [0.1, 0.15) is 11.3 Å². The van der Waals surface area contributed by atoms with Gasteiger partial charge in [0.2, 0.25) is 0 Å². The van der Waals surface area contributed by atoms with Gasteiger partial charge in [-0.25, -0.2) is 9.59 Å². The normalized spacial score (nSPS) is 10.4. The Kier molecular flexibility index (Phi) is 4.20. The maximum absolute atomic E-state index is 12.4. The van der Waals surface area contributed by atoms with E-state index in [0.29, 0.717) is 22.5 Å². The Morgan fingerprint density at radius 1 is 0.917 bits per heavy atom. The minimum Gasteiger partial charge on any atom is -0.493 e. The first-order chi connectivity index (χ1) is 11.6. The third-order valence-electron chi connectivity index (χ3n) is 3.43. The zero-order chi connectivity index (χ0) is 17.1. The Bertz CT molecular complexity index is 957. The molecule has 0 bridgehead atoms. The second-order valence-electron chi connectivity index (χ2n) is 4.89. The van der Waals surface area contributed by atoms with Crippen molar-refractivity contribution in [2.24, 2.45) is 0 Å². The smallest absolute Gasteiger partial charge is 0.343 e. The monoisotopic (exact) mass is 326 g/mol. The summed E-state index contributed by atoms with van der Waals surface area (Å²) in [6.07, 6.45) is 0. The van der Waals surface area contributed by atoms with E-state index in [1.54, 1.807) is 36.4 Å². The highest BCUT2D eigenvalue weighted by Gasteiger charge is 2.15. The number of methoxy groups -OCH3 is 2. The van der Waals surface area contributed by atoms with Crippen LogP contribution in [0.1, 0.15) is 10.4 Å². The lowest BCUT2D eigenvalue weighted by Crippen LogP contribution is -2.11. The van der Waals surface area contributed by atoms with Crippen molar-refractivity contribution in [3.63, 3.8) is 0 Å². The fourth-order valence-corrected chi connectivity index (χ4v) is 2.29. The van der Waals surface area contributed by atoms with Crippen LogP contribution >= 0.6 is 0 Å². The van der Waals surface area contributed by atoms with Crippen LogP contribution in [0.5, 0.6) is 17.2 Å². The number of rotatable bonds is 4. The van der Waals surface area contributed by atoms with Crippen LogP contribution in [0.25, 0.3) is 11.0 Å². The van der Waals surface area contributed by atoms with Gasteiger partial charge in [-0.15, -0.1) is 0 Å². The number of para-hydroxylation sites is 1. The molecule has 1 heterocycles. The predicted octanol–water partition coefficient (Wildman–Crippen LogP) is 3.03. The largest absolute Gasteiger partial charge is 0.493 e. The standard InChI is InChI=1S/C18H14O6/c1-21-14-8-7-11(9-16(14)22-2)18(20)24-15-10-17(19)23-13-6-4-3-5-12(13)15/h3-10H,1-2H3. The molecular formula is C18H14O6. The van der Waals surface area contributed by atoms with Crippen LogP contribution in [0, 0.1) is 0 Å². The predicted molar refractivity (Wildman–Crippen MR) is 87.0 cm³/mol. The van der Waals surface area contributed by atoms with Crippen molar-refractivity contribution in [2.45, 2.75) is 0 Å². The third kappa shape index (κ3) is 2.94. The van der Waals surface area contributed by atoms with E-state index in [2.05, 4.69) is 0 Å². The zero-order valence-corrected chi connectivity index (χ0v) is 13.1. The van der Waals surface area contributed by atoms with Crippen molar-refractivity contribution in [3.8, 4) is 17.2 Å². The van der Waals surface area contributed by atoms with Crippen LogP contribution in [0.2, 0.25) is 0 Å². The van der Waals surface area contributed by atoms with Crippen LogP contribution in [0.15, 0.2) is 57.7 Å². The number of hydrogen-bond donors (Lipinski definition) is 0. The summed E-state index contributed by atoms with van der Waals surface area (Å²) < 4.78 is 20.7. The van der Waals surface area contributed by atoms with Crippen LogP contribution < -0.4 is 19.8 Å². The van der Waals surface area contributed by atoms with E-state index in [9.17, 15) is 9.59 Å². The van der Waals surface area contributed by atoms with Crippen molar-refractivity contribution in [3.05, 3.63) is 64.5 Å². The van der Waals surface area contributed by atoms with Crippen molar-refractivity contribution in [1.29, 1.82) is 0 Å². The number of hydrogen-bond acceptors (Lipinski definition) is 6. The molecule has 0 N–H and O–H groups in total. The van der Waals surface area contributed by atoms with Gasteiger partial charge in [-0.3, -0.25) is 0 Å². The van der Waals surface area contributed by atoms with Gasteiger partial charge < -0.3 is 18.6 Å². The Hall–Kier alpha value is -3.28. The Morgan fingerprint density at radius 3 is 2.42 bits per heavy atom. The fourth-order valence-electron chi connectivity index (χ4n) is 2.29. The Labute approximate surface area is 137 Å². The lowest BCUT2D eigenvalue weighted by atomic mass is 10.2. The number of benzene rings is 2. The SMILES string of the molecule is COc1ccc(C(=O)Oc2cc(=O)oc3ccccc23)cc1OC. The van der Waals surface area contributed by atoms with E-state index >= 15 is 0 Å². The molecule has 0 aliphatic rings. The van der Waals surface area contributed by atoms with Gasteiger partial charge in [0.15, 0.2) is 11.5 Å². The number of fused-ring (bicyclic) bond motifs is 1. The molecule has 0 radical (unpaired) electrons. The van der Waals surface area contributed by atoms with Gasteiger partial charge in [-0.2, -0.15) is 0 Å². The second kappa shape index (κ2) is 6.45. The van der Waals surface area contributed by atoms with Crippen molar-refractivity contribution >= 4 is 16.9 Å². The Balaban J connectivity index is 1.97. The molecule has 6 heteroatoms. The number of carbonyl (C=O) groups is 1. The highest BCUT2D eigenvalue weighted by Crippen LogP contribution is 2.29. The molecule has 3 rings (SSSR count). The van der Waals surface area contributed by atoms with Gasteiger partial charge >= 0.3 is 11.6 Å². The van der Waals surface area contributed by atoms with E-state index in [-0.39, 0.29) is 11.3 Å². The quantitative estimate of drug-likeness (QED) is 0.542. The molecular weight excluding hydrogens is 312 g/mol. The summed E-state index contributed by atoms with van der Waals surface area (Å²) in [5.74, 6) is 0.428. The van der Waals surface area contributed by atoms with E-state index in [0.717, 1.165) is 6.07 Å². The highest BCUT2D eigenvalue weighted by atomic mass is 16.5. The summed E-state index contributed by atoms with van der Waals surface area (Å²) in [5, 5.41) is 0.533. The first-order valence-electron chi connectivity index (χ1n) is 7.09. The average molecular weight is 326 g/mol. The molecule has 6 nitrogen and oxygen atoms in total. The summed E-state index contributed by atoms with van der Waals surface area (Å²) in [4.78, 5) is 24.0. The molecule has 0 amide bonds. The van der Waals surface area contributed by atoms with Crippen molar-refractivity contribution in [1.82, 2.24) is 0 Å². The molecule has 0 saturated heterocycles. The summed E-state index contributed by atoms with van der Waals surface area (Å²) in [7, 11) is 2.98. The van der Waals surface area contributed by atoms with Gasteiger partial charge in [0.05, 0.1) is 31.2 Å². The summed E-state index contributed by atoms with van der Waals surface area (Å²) in [6.45, 7) is 0. The molecule has 0 aliphatic heterocycles. The fraction of sp³-hybridized carbons (Fsp3) is 0.111. The molecule has 1 aromatic heterocycles. The van der Waals surface area contributed by atoms with Gasteiger partial charge in [0, 0.05) is 0 Å². The Morgan fingerprint density at radius 2 is 1.67 bits per heavy atom. The third-order valence-corrected chi connectivity index (χ3v) is 3.43. The van der Waals surface area contributed by atoms with Gasteiger partial charge in [-0.05, 0) is 30.3 Å². The molecule has 0 spiro atoms. The molecule has 0 unspecified atom stereocenters.